The molecule has 0 bridgehead atoms. The van der Waals surface area contributed by atoms with Crippen LogP contribution in [0.5, 0.6) is 0 Å². The lowest BCUT2D eigenvalue weighted by Gasteiger charge is -2.31. The van der Waals surface area contributed by atoms with Crippen LogP contribution in [0.15, 0.2) is 53.4 Å². The Morgan fingerprint density at radius 1 is 1.16 bits per heavy atom. The molecule has 0 aliphatic carbocycles. The smallest absolute Gasteiger partial charge is 0.253 e. The van der Waals surface area contributed by atoms with Gasteiger partial charge >= 0.3 is 0 Å². The molecule has 2 aromatic rings. The highest BCUT2D eigenvalue weighted by molar-refractivity contribution is 7.89. The topological polar surface area (TPSA) is 95.6 Å². The summed E-state index contributed by atoms with van der Waals surface area (Å²) >= 11 is 0. The number of hydrogen-bond acceptors (Lipinski definition) is 4. The van der Waals surface area contributed by atoms with Crippen molar-refractivity contribution in [2.45, 2.75) is 44.0 Å². The molecule has 2 amide bonds. The first-order chi connectivity index (χ1) is 15.2. The second kappa shape index (κ2) is 10.2. The van der Waals surface area contributed by atoms with Gasteiger partial charge in [0.25, 0.3) is 5.91 Å². The summed E-state index contributed by atoms with van der Waals surface area (Å²) in [5.41, 5.74) is 0.740. The molecule has 1 heterocycles. The van der Waals surface area contributed by atoms with Gasteiger partial charge in [-0.15, -0.1) is 0 Å². The van der Waals surface area contributed by atoms with Crippen LogP contribution >= 0.6 is 0 Å². The number of hydrogen-bond donors (Lipinski definition) is 2. The summed E-state index contributed by atoms with van der Waals surface area (Å²) in [4.78, 5) is 25.5. The molecule has 2 atom stereocenters. The van der Waals surface area contributed by atoms with E-state index >= 15 is 0 Å². The van der Waals surface area contributed by atoms with E-state index in [1.807, 2.05) is 13.8 Å². The van der Waals surface area contributed by atoms with E-state index in [1.54, 1.807) is 24.3 Å². The standard InChI is InChI=1S/C23H28FN3O4S/c1-3-16(2)25-23(29)20-8-4-5-9-21(20)26-22(28)17-7-6-14-27(15-17)32(30,31)19-12-10-18(24)11-13-19/h4-5,8-13,16-17H,3,6-7,14-15H2,1-2H3,(H,25,29)(H,26,28)/t16-,17-/m1/s1. The van der Waals surface area contributed by atoms with E-state index in [1.165, 1.54) is 16.4 Å². The Hall–Kier alpha value is -2.78. The molecule has 172 valence electrons. The average Bonchev–Trinajstić information content (AvgIpc) is 2.79. The van der Waals surface area contributed by atoms with Gasteiger partial charge in [0.15, 0.2) is 0 Å². The minimum atomic E-state index is -3.83. The van der Waals surface area contributed by atoms with Crippen LogP contribution in [0.25, 0.3) is 0 Å². The normalized spacial score (nSPS) is 18.0. The van der Waals surface area contributed by atoms with Gasteiger partial charge in [0.1, 0.15) is 5.82 Å². The van der Waals surface area contributed by atoms with Gasteiger partial charge in [-0.05, 0) is 62.6 Å². The van der Waals surface area contributed by atoms with Crippen molar-refractivity contribution in [2.75, 3.05) is 18.4 Å². The number of piperidine rings is 1. The second-order valence-corrected chi connectivity index (χ2v) is 9.91. The zero-order chi connectivity index (χ0) is 23.3. The van der Waals surface area contributed by atoms with Crippen molar-refractivity contribution in [3.63, 3.8) is 0 Å². The number of carbonyl (C=O) groups is 2. The maximum absolute atomic E-state index is 13.2. The van der Waals surface area contributed by atoms with Crippen LogP contribution < -0.4 is 10.6 Å². The highest BCUT2D eigenvalue weighted by Crippen LogP contribution is 2.25. The third kappa shape index (κ3) is 5.52. The number of anilines is 1. The monoisotopic (exact) mass is 461 g/mol. The first-order valence-corrected chi connectivity index (χ1v) is 12.1. The summed E-state index contributed by atoms with van der Waals surface area (Å²) in [6, 6.07) is 11.4. The maximum atomic E-state index is 13.2. The summed E-state index contributed by atoms with van der Waals surface area (Å²) in [6.07, 6.45) is 1.83. The summed E-state index contributed by atoms with van der Waals surface area (Å²) < 4.78 is 40.3. The quantitative estimate of drug-likeness (QED) is 0.661. The number of amides is 2. The van der Waals surface area contributed by atoms with Crippen molar-refractivity contribution in [1.82, 2.24) is 9.62 Å². The van der Waals surface area contributed by atoms with Gasteiger partial charge in [-0.3, -0.25) is 9.59 Å². The molecule has 1 saturated heterocycles. The molecule has 1 fully saturated rings. The SMILES string of the molecule is CC[C@@H](C)NC(=O)c1ccccc1NC(=O)[C@@H]1CCCN(S(=O)(=O)c2ccc(F)cc2)C1. The molecular weight excluding hydrogens is 433 g/mol. The molecule has 3 rings (SSSR count). The van der Waals surface area contributed by atoms with Crippen LogP contribution in [-0.2, 0) is 14.8 Å². The molecule has 0 saturated carbocycles. The lowest BCUT2D eigenvalue weighted by atomic mass is 9.98. The molecule has 1 aliphatic rings. The van der Waals surface area contributed by atoms with Crippen LogP contribution in [0.4, 0.5) is 10.1 Å². The van der Waals surface area contributed by atoms with Gasteiger partial charge in [-0.1, -0.05) is 19.1 Å². The minimum Gasteiger partial charge on any atom is -0.350 e. The summed E-state index contributed by atoms with van der Waals surface area (Å²) in [5, 5.41) is 5.68. The van der Waals surface area contributed by atoms with Crippen molar-refractivity contribution < 1.29 is 22.4 Å². The van der Waals surface area contributed by atoms with Crippen molar-refractivity contribution in [3.05, 3.63) is 59.9 Å². The van der Waals surface area contributed by atoms with E-state index in [0.717, 1.165) is 18.6 Å². The fourth-order valence-electron chi connectivity index (χ4n) is 3.56. The number of nitrogens with one attached hydrogen (secondary N) is 2. The Bertz CT molecular complexity index is 1070. The van der Waals surface area contributed by atoms with Gasteiger partial charge in [0.05, 0.1) is 22.1 Å². The molecule has 2 N–H and O–H groups in total. The van der Waals surface area contributed by atoms with Crippen molar-refractivity contribution in [2.24, 2.45) is 5.92 Å². The zero-order valence-electron chi connectivity index (χ0n) is 18.2. The largest absolute Gasteiger partial charge is 0.350 e. The van der Waals surface area contributed by atoms with Crippen molar-refractivity contribution in [3.8, 4) is 0 Å². The summed E-state index contributed by atoms with van der Waals surface area (Å²) in [6.45, 7) is 4.18. The van der Waals surface area contributed by atoms with Crippen LogP contribution in [0.3, 0.4) is 0 Å². The van der Waals surface area contributed by atoms with Crippen LogP contribution in [0, 0.1) is 11.7 Å². The van der Waals surface area contributed by atoms with E-state index in [4.69, 9.17) is 0 Å². The van der Waals surface area contributed by atoms with Gasteiger partial charge < -0.3 is 10.6 Å². The second-order valence-electron chi connectivity index (χ2n) is 7.97. The van der Waals surface area contributed by atoms with Crippen LogP contribution in [0.1, 0.15) is 43.5 Å². The predicted octanol–water partition coefficient (Wildman–Crippen LogP) is 3.39. The van der Waals surface area contributed by atoms with Gasteiger partial charge in [0, 0.05) is 19.1 Å². The van der Waals surface area contributed by atoms with E-state index in [2.05, 4.69) is 10.6 Å². The minimum absolute atomic E-state index is 0.00479. The molecular formula is C23H28FN3O4S. The fraction of sp³-hybridized carbons (Fsp3) is 0.391. The number of halogens is 1. The first-order valence-electron chi connectivity index (χ1n) is 10.7. The molecule has 1 aliphatic heterocycles. The Labute approximate surface area is 188 Å². The number of para-hydroxylation sites is 1. The summed E-state index contributed by atoms with van der Waals surface area (Å²) in [7, 11) is -3.83. The highest BCUT2D eigenvalue weighted by atomic mass is 32.2. The lowest BCUT2D eigenvalue weighted by Crippen LogP contribution is -2.43. The Morgan fingerprint density at radius 3 is 2.53 bits per heavy atom. The molecule has 0 unspecified atom stereocenters. The number of sulfonamides is 1. The summed E-state index contributed by atoms with van der Waals surface area (Å²) in [5.74, 6) is -1.70. The van der Waals surface area contributed by atoms with Gasteiger partial charge in [-0.25, -0.2) is 12.8 Å². The third-order valence-corrected chi connectivity index (χ3v) is 7.51. The Balaban J connectivity index is 1.73. The number of carbonyl (C=O) groups excluding carboxylic acids is 2. The molecule has 32 heavy (non-hydrogen) atoms. The van der Waals surface area contributed by atoms with E-state index < -0.39 is 21.8 Å². The van der Waals surface area contributed by atoms with E-state index in [9.17, 15) is 22.4 Å². The molecule has 2 aromatic carbocycles. The van der Waals surface area contributed by atoms with Gasteiger partial charge in [0.2, 0.25) is 15.9 Å². The zero-order valence-corrected chi connectivity index (χ0v) is 19.0. The maximum Gasteiger partial charge on any atom is 0.253 e. The van der Waals surface area contributed by atoms with Crippen LogP contribution in [-0.4, -0.2) is 43.7 Å². The molecule has 0 aromatic heterocycles. The first kappa shape index (κ1) is 23.9. The molecule has 0 radical (unpaired) electrons. The Morgan fingerprint density at radius 2 is 1.84 bits per heavy atom. The fourth-order valence-corrected chi connectivity index (χ4v) is 5.08. The molecule has 7 nitrogen and oxygen atoms in total. The van der Waals surface area contributed by atoms with E-state index in [0.29, 0.717) is 24.1 Å². The van der Waals surface area contributed by atoms with Crippen molar-refractivity contribution >= 4 is 27.5 Å². The lowest BCUT2D eigenvalue weighted by molar-refractivity contribution is -0.120. The number of rotatable bonds is 7. The van der Waals surface area contributed by atoms with Crippen LogP contribution in [0.2, 0.25) is 0 Å². The number of nitrogens with zero attached hydrogens (tertiary/aromatic N) is 1. The van der Waals surface area contributed by atoms with Crippen molar-refractivity contribution in [1.29, 1.82) is 0 Å². The van der Waals surface area contributed by atoms with E-state index in [-0.39, 0.29) is 35.8 Å². The highest BCUT2D eigenvalue weighted by Gasteiger charge is 2.33. The third-order valence-electron chi connectivity index (χ3n) is 5.63. The van der Waals surface area contributed by atoms with Gasteiger partial charge in [-0.2, -0.15) is 4.31 Å². The average molecular weight is 462 g/mol. The predicted molar refractivity (Wildman–Crippen MR) is 120 cm³/mol. The Kier molecular flexibility index (Phi) is 7.63. The molecule has 9 heteroatoms. The number of benzene rings is 2. The molecule has 0 spiro atoms.